The Morgan fingerprint density at radius 2 is 1.96 bits per heavy atom. The number of carbonyl (C=O) groups is 1. The van der Waals surface area contributed by atoms with Crippen LogP contribution < -0.4 is 10.1 Å². The molecule has 1 unspecified atom stereocenters. The lowest BCUT2D eigenvalue weighted by atomic mass is 10.2. The number of amides is 1. The molecule has 0 fully saturated rings. The first-order chi connectivity index (χ1) is 11.3. The predicted octanol–water partition coefficient (Wildman–Crippen LogP) is 5.07. The fourth-order valence-corrected chi connectivity index (χ4v) is 2.71. The number of nitrogens with one attached hydrogen (secondary N) is 1. The van der Waals surface area contributed by atoms with Gasteiger partial charge in [0.25, 0.3) is 11.6 Å². The van der Waals surface area contributed by atoms with Crippen LogP contribution in [0.5, 0.6) is 5.75 Å². The molecule has 2 aromatic carbocycles. The van der Waals surface area contributed by atoms with E-state index < -0.39 is 16.9 Å². The SMILES string of the molecule is CC(Oc1ccc(Br)cc1Cl)C(=O)Nc1ccc([N+](=O)[O-])cc1Cl. The Morgan fingerprint density at radius 1 is 1.25 bits per heavy atom. The highest BCUT2D eigenvalue weighted by atomic mass is 79.9. The van der Waals surface area contributed by atoms with Crippen LogP contribution in [0.2, 0.25) is 10.0 Å². The predicted molar refractivity (Wildman–Crippen MR) is 96.0 cm³/mol. The van der Waals surface area contributed by atoms with Gasteiger partial charge >= 0.3 is 0 Å². The van der Waals surface area contributed by atoms with Crippen molar-refractivity contribution < 1.29 is 14.5 Å². The van der Waals surface area contributed by atoms with E-state index in [0.29, 0.717) is 10.8 Å². The first kappa shape index (κ1) is 18.5. The number of nitrogens with zero attached hydrogens (tertiary/aromatic N) is 1. The summed E-state index contributed by atoms with van der Waals surface area (Å²) in [5.74, 6) is -0.109. The molecule has 0 aliphatic rings. The molecule has 0 heterocycles. The number of hydrogen-bond donors (Lipinski definition) is 1. The molecule has 24 heavy (non-hydrogen) atoms. The lowest BCUT2D eigenvalue weighted by molar-refractivity contribution is -0.384. The summed E-state index contributed by atoms with van der Waals surface area (Å²) < 4.78 is 6.31. The summed E-state index contributed by atoms with van der Waals surface area (Å²) in [6, 6.07) is 8.79. The van der Waals surface area contributed by atoms with Crippen LogP contribution in [0.15, 0.2) is 40.9 Å². The number of nitro groups is 1. The largest absolute Gasteiger partial charge is 0.479 e. The first-order valence-corrected chi connectivity index (χ1v) is 8.19. The summed E-state index contributed by atoms with van der Waals surface area (Å²) >= 11 is 15.3. The topological polar surface area (TPSA) is 81.5 Å². The number of non-ortho nitro benzene ring substituents is 1. The zero-order valence-corrected chi connectivity index (χ0v) is 15.4. The highest BCUT2D eigenvalue weighted by Gasteiger charge is 2.18. The van der Waals surface area contributed by atoms with E-state index in [0.717, 1.165) is 10.5 Å². The molecular weight excluding hydrogens is 423 g/mol. The van der Waals surface area contributed by atoms with Gasteiger partial charge in [-0.1, -0.05) is 39.1 Å². The van der Waals surface area contributed by atoms with E-state index in [1.807, 2.05) is 0 Å². The van der Waals surface area contributed by atoms with E-state index in [2.05, 4.69) is 21.2 Å². The lowest BCUT2D eigenvalue weighted by Crippen LogP contribution is -2.30. The minimum atomic E-state index is -0.852. The maximum absolute atomic E-state index is 12.2. The summed E-state index contributed by atoms with van der Waals surface area (Å²) in [6.07, 6.45) is -0.852. The van der Waals surface area contributed by atoms with Crippen LogP contribution in [0.4, 0.5) is 11.4 Å². The molecule has 1 atom stereocenters. The molecule has 0 bridgehead atoms. The summed E-state index contributed by atoms with van der Waals surface area (Å²) in [5.41, 5.74) is 0.0913. The Bertz CT molecular complexity index is 801. The molecule has 0 aliphatic heterocycles. The molecule has 1 N–H and O–H groups in total. The first-order valence-electron chi connectivity index (χ1n) is 6.64. The molecule has 0 spiro atoms. The van der Waals surface area contributed by atoms with Crippen molar-refractivity contribution in [2.45, 2.75) is 13.0 Å². The number of hydrogen-bond acceptors (Lipinski definition) is 4. The normalized spacial score (nSPS) is 11.7. The Balaban J connectivity index is 2.07. The van der Waals surface area contributed by atoms with Crippen molar-refractivity contribution in [2.24, 2.45) is 0 Å². The monoisotopic (exact) mass is 432 g/mol. The second-order valence-corrected chi connectivity index (χ2v) is 6.48. The van der Waals surface area contributed by atoms with Gasteiger partial charge in [-0.15, -0.1) is 0 Å². The van der Waals surface area contributed by atoms with Crippen molar-refractivity contribution in [2.75, 3.05) is 5.32 Å². The highest BCUT2D eigenvalue weighted by molar-refractivity contribution is 9.10. The molecule has 9 heteroatoms. The fraction of sp³-hybridized carbons (Fsp3) is 0.133. The molecule has 0 aliphatic carbocycles. The zero-order valence-electron chi connectivity index (χ0n) is 12.3. The van der Waals surface area contributed by atoms with Gasteiger partial charge in [0.1, 0.15) is 5.75 Å². The van der Waals surface area contributed by atoms with Crippen LogP contribution in [-0.4, -0.2) is 16.9 Å². The van der Waals surface area contributed by atoms with Gasteiger partial charge in [-0.2, -0.15) is 0 Å². The Morgan fingerprint density at radius 3 is 2.54 bits per heavy atom. The van der Waals surface area contributed by atoms with Crippen LogP contribution in [0.25, 0.3) is 0 Å². The average Bonchev–Trinajstić information content (AvgIpc) is 2.51. The van der Waals surface area contributed by atoms with E-state index in [1.54, 1.807) is 25.1 Å². The molecule has 0 saturated carbocycles. The van der Waals surface area contributed by atoms with Crippen LogP contribution >= 0.6 is 39.1 Å². The van der Waals surface area contributed by atoms with Crippen molar-refractivity contribution in [3.63, 3.8) is 0 Å². The Hall–Kier alpha value is -1.83. The van der Waals surface area contributed by atoms with Crippen molar-refractivity contribution in [1.29, 1.82) is 0 Å². The summed E-state index contributed by atoms with van der Waals surface area (Å²) in [6.45, 7) is 1.55. The van der Waals surface area contributed by atoms with Crippen molar-refractivity contribution in [3.8, 4) is 5.75 Å². The van der Waals surface area contributed by atoms with Crippen LogP contribution in [0.1, 0.15) is 6.92 Å². The Kier molecular flexibility index (Phi) is 6.04. The van der Waals surface area contributed by atoms with Gasteiger partial charge in [0.15, 0.2) is 6.10 Å². The second-order valence-electron chi connectivity index (χ2n) is 4.75. The third kappa shape index (κ3) is 4.59. The van der Waals surface area contributed by atoms with E-state index in [9.17, 15) is 14.9 Å². The smallest absolute Gasteiger partial charge is 0.271 e. The number of carbonyl (C=O) groups excluding carboxylic acids is 1. The molecule has 0 radical (unpaired) electrons. The van der Waals surface area contributed by atoms with Crippen molar-refractivity contribution in [3.05, 3.63) is 61.0 Å². The van der Waals surface area contributed by atoms with Crippen LogP contribution in [0.3, 0.4) is 0 Å². The molecule has 2 aromatic rings. The molecular formula is C15H11BrCl2N2O4. The number of ether oxygens (including phenoxy) is 1. The molecule has 0 aromatic heterocycles. The highest BCUT2D eigenvalue weighted by Crippen LogP contribution is 2.29. The van der Waals surface area contributed by atoms with Gasteiger partial charge in [-0.05, 0) is 31.2 Å². The van der Waals surface area contributed by atoms with Gasteiger partial charge in [0, 0.05) is 16.6 Å². The van der Waals surface area contributed by atoms with E-state index in [4.69, 9.17) is 27.9 Å². The Labute approximate surface area is 156 Å². The van der Waals surface area contributed by atoms with E-state index >= 15 is 0 Å². The fourth-order valence-electron chi connectivity index (χ4n) is 1.77. The zero-order chi connectivity index (χ0) is 17.9. The van der Waals surface area contributed by atoms with Gasteiger partial charge in [0.05, 0.1) is 20.7 Å². The standard InChI is InChI=1S/C15H11BrCl2N2O4/c1-8(24-14-5-2-9(16)6-12(14)18)15(21)19-13-4-3-10(20(22)23)7-11(13)17/h2-8H,1H3,(H,19,21). The van der Waals surface area contributed by atoms with Gasteiger partial charge in [-0.25, -0.2) is 0 Å². The molecule has 1 amide bonds. The maximum Gasteiger partial charge on any atom is 0.271 e. The van der Waals surface area contributed by atoms with Crippen molar-refractivity contribution >= 4 is 56.4 Å². The van der Waals surface area contributed by atoms with Gasteiger partial charge < -0.3 is 10.1 Å². The maximum atomic E-state index is 12.2. The molecule has 2 rings (SSSR count). The van der Waals surface area contributed by atoms with Crippen molar-refractivity contribution in [1.82, 2.24) is 0 Å². The number of benzene rings is 2. The number of nitro benzene ring substituents is 1. The van der Waals surface area contributed by atoms with Gasteiger partial charge in [-0.3, -0.25) is 14.9 Å². The van der Waals surface area contributed by atoms with E-state index in [-0.39, 0.29) is 16.4 Å². The molecule has 6 nitrogen and oxygen atoms in total. The van der Waals surface area contributed by atoms with Crippen LogP contribution in [0, 0.1) is 10.1 Å². The summed E-state index contributed by atoms with van der Waals surface area (Å²) in [5, 5.41) is 13.7. The van der Waals surface area contributed by atoms with E-state index in [1.165, 1.54) is 12.1 Å². The van der Waals surface area contributed by atoms with Gasteiger partial charge in [0.2, 0.25) is 0 Å². The summed E-state index contributed by atoms with van der Waals surface area (Å²) in [4.78, 5) is 22.3. The molecule has 126 valence electrons. The second kappa shape index (κ2) is 7.83. The number of anilines is 1. The minimum absolute atomic E-state index is 0.0615. The summed E-state index contributed by atoms with van der Waals surface area (Å²) in [7, 11) is 0. The average molecular weight is 434 g/mol. The third-order valence-electron chi connectivity index (χ3n) is 2.99. The molecule has 0 saturated heterocycles. The lowest BCUT2D eigenvalue weighted by Gasteiger charge is -2.16. The third-order valence-corrected chi connectivity index (χ3v) is 4.09. The number of rotatable bonds is 5. The minimum Gasteiger partial charge on any atom is -0.479 e. The van der Waals surface area contributed by atoms with Crippen LogP contribution in [-0.2, 0) is 4.79 Å². The quantitative estimate of drug-likeness (QED) is 0.527. The number of halogens is 3.